The number of aromatic nitrogens is 1. The highest BCUT2D eigenvalue weighted by molar-refractivity contribution is 5.38. The van der Waals surface area contributed by atoms with Gasteiger partial charge in [0.2, 0.25) is 0 Å². The number of unbranched alkanes of at least 4 members (excludes halogenated alkanes) is 2. The minimum atomic E-state index is 1.00. The summed E-state index contributed by atoms with van der Waals surface area (Å²) in [5.41, 5.74) is 7.25. The van der Waals surface area contributed by atoms with Gasteiger partial charge in [0.15, 0.2) is 0 Å². The lowest BCUT2D eigenvalue weighted by molar-refractivity contribution is 0.662. The zero-order valence-electron chi connectivity index (χ0n) is 8.09. The molecular formula is C10H17N3. The first kappa shape index (κ1) is 9.99. The molecule has 1 aromatic rings. The zero-order valence-corrected chi connectivity index (χ0v) is 8.09. The first-order valence-electron chi connectivity index (χ1n) is 4.82. The molecule has 0 aliphatic rings. The number of pyridine rings is 1. The SMILES string of the molecule is CCCCCNNc1cccnc1. The van der Waals surface area contributed by atoms with Crippen molar-refractivity contribution < 1.29 is 0 Å². The first-order chi connectivity index (χ1) is 6.43. The highest BCUT2D eigenvalue weighted by Gasteiger charge is 1.88. The van der Waals surface area contributed by atoms with Gasteiger partial charge in [-0.15, -0.1) is 0 Å². The standard InChI is InChI=1S/C10H17N3/c1-2-3-4-8-12-13-10-6-5-7-11-9-10/h5-7,9,12-13H,2-4,8H2,1H3. The summed E-state index contributed by atoms with van der Waals surface area (Å²) in [6.45, 7) is 3.21. The summed E-state index contributed by atoms with van der Waals surface area (Å²) < 4.78 is 0. The number of hydrogen-bond acceptors (Lipinski definition) is 3. The molecule has 1 aromatic heterocycles. The van der Waals surface area contributed by atoms with Crippen molar-refractivity contribution in [3.63, 3.8) is 0 Å². The third-order valence-electron chi connectivity index (χ3n) is 1.80. The zero-order chi connectivity index (χ0) is 9.36. The van der Waals surface area contributed by atoms with Crippen molar-refractivity contribution in [2.24, 2.45) is 0 Å². The van der Waals surface area contributed by atoms with E-state index in [0.29, 0.717) is 0 Å². The molecule has 0 spiro atoms. The second-order valence-corrected chi connectivity index (χ2v) is 3.00. The molecule has 3 nitrogen and oxygen atoms in total. The van der Waals surface area contributed by atoms with Gasteiger partial charge >= 0.3 is 0 Å². The van der Waals surface area contributed by atoms with Crippen LogP contribution in [0.2, 0.25) is 0 Å². The number of hydrogen-bond donors (Lipinski definition) is 2. The molecule has 0 bridgehead atoms. The molecule has 0 amide bonds. The Balaban J connectivity index is 2.07. The Morgan fingerprint density at radius 3 is 3.00 bits per heavy atom. The molecule has 0 unspecified atom stereocenters. The van der Waals surface area contributed by atoms with E-state index in [1.807, 2.05) is 12.1 Å². The fraction of sp³-hybridized carbons (Fsp3) is 0.500. The van der Waals surface area contributed by atoms with Gasteiger partial charge in [-0.2, -0.15) is 0 Å². The van der Waals surface area contributed by atoms with Gasteiger partial charge < -0.3 is 5.43 Å². The van der Waals surface area contributed by atoms with Crippen molar-refractivity contribution in [3.8, 4) is 0 Å². The lowest BCUT2D eigenvalue weighted by Crippen LogP contribution is -2.22. The van der Waals surface area contributed by atoms with Crippen molar-refractivity contribution in [3.05, 3.63) is 24.5 Å². The molecule has 0 saturated heterocycles. The molecule has 0 fully saturated rings. The molecule has 0 saturated carbocycles. The van der Waals surface area contributed by atoms with Crippen LogP contribution in [0, 0.1) is 0 Å². The maximum absolute atomic E-state index is 4.00. The average Bonchev–Trinajstić information content (AvgIpc) is 2.19. The highest BCUT2D eigenvalue weighted by atomic mass is 15.3. The van der Waals surface area contributed by atoms with E-state index in [1.165, 1.54) is 19.3 Å². The Hall–Kier alpha value is -1.09. The molecule has 0 atom stereocenters. The van der Waals surface area contributed by atoms with Crippen LogP contribution >= 0.6 is 0 Å². The van der Waals surface area contributed by atoms with E-state index in [9.17, 15) is 0 Å². The number of nitrogens with zero attached hydrogens (tertiary/aromatic N) is 1. The maximum atomic E-state index is 4.00. The van der Waals surface area contributed by atoms with Crippen molar-refractivity contribution in [2.45, 2.75) is 26.2 Å². The lowest BCUT2D eigenvalue weighted by Gasteiger charge is -2.06. The highest BCUT2D eigenvalue weighted by Crippen LogP contribution is 1.99. The van der Waals surface area contributed by atoms with Crippen LogP contribution < -0.4 is 10.9 Å². The summed E-state index contributed by atoms with van der Waals surface area (Å²) in [6.07, 6.45) is 7.31. The van der Waals surface area contributed by atoms with E-state index in [-0.39, 0.29) is 0 Å². The normalized spacial score (nSPS) is 9.92. The summed E-state index contributed by atoms with van der Waals surface area (Å²) >= 11 is 0. The molecule has 0 radical (unpaired) electrons. The second kappa shape index (κ2) is 6.43. The summed E-state index contributed by atoms with van der Waals surface area (Å²) in [5, 5.41) is 0. The second-order valence-electron chi connectivity index (χ2n) is 3.00. The summed E-state index contributed by atoms with van der Waals surface area (Å²) in [7, 11) is 0. The number of anilines is 1. The van der Waals surface area contributed by atoms with Crippen LogP contribution in [0.5, 0.6) is 0 Å². The Morgan fingerprint density at radius 2 is 2.31 bits per heavy atom. The number of hydrazine groups is 1. The molecule has 0 aromatic carbocycles. The van der Waals surface area contributed by atoms with E-state index in [1.54, 1.807) is 12.4 Å². The predicted octanol–water partition coefficient (Wildman–Crippen LogP) is 2.19. The largest absolute Gasteiger partial charge is 0.320 e. The van der Waals surface area contributed by atoms with Gasteiger partial charge in [0.25, 0.3) is 0 Å². The maximum Gasteiger partial charge on any atom is 0.0671 e. The molecule has 1 heterocycles. The molecule has 1 rings (SSSR count). The van der Waals surface area contributed by atoms with Crippen molar-refractivity contribution >= 4 is 5.69 Å². The topological polar surface area (TPSA) is 37.0 Å². The van der Waals surface area contributed by atoms with Crippen LogP contribution in [0.3, 0.4) is 0 Å². The fourth-order valence-corrected chi connectivity index (χ4v) is 1.06. The molecule has 3 heteroatoms. The molecule has 13 heavy (non-hydrogen) atoms. The van der Waals surface area contributed by atoms with E-state index >= 15 is 0 Å². The minimum absolute atomic E-state index is 1.00. The van der Waals surface area contributed by atoms with Crippen LogP contribution in [-0.4, -0.2) is 11.5 Å². The van der Waals surface area contributed by atoms with Crippen molar-refractivity contribution in [1.82, 2.24) is 10.4 Å². The minimum Gasteiger partial charge on any atom is -0.320 e. The van der Waals surface area contributed by atoms with E-state index in [0.717, 1.165) is 12.2 Å². The first-order valence-corrected chi connectivity index (χ1v) is 4.82. The average molecular weight is 179 g/mol. The third-order valence-corrected chi connectivity index (χ3v) is 1.80. The Morgan fingerprint density at radius 1 is 1.38 bits per heavy atom. The Kier molecular flexibility index (Phi) is 4.94. The van der Waals surface area contributed by atoms with Crippen LogP contribution in [-0.2, 0) is 0 Å². The summed E-state index contributed by atoms with van der Waals surface area (Å²) in [4.78, 5) is 4.00. The van der Waals surface area contributed by atoms with Crippen molar-refractivity contribution in [2.75, 3.05) is 12.0 Å². The van der Waals surface area contributed by atoms with Crippen LogP contribution in [0.15, 0.2) is 24.5 Å². The van der Waals surface area contributed by atoms with Gasteiger partial charge in [-0.1, -0.05) is 19.8 Å². The lowest BCUT2D eigenvalue weighted by atomic mass is 10.2. The number of rotatable bonds is 6. The summed E-state index contributed by atoms with van der Waals surface area (Å²) in [6, 6.07) is 3.90. The van der Waals surface area contributed by atoms with Gasteiger partial charge in [0, 0.05) is 12.7 Å². The van der Waals surface area contributed by atoms with Gasteiger partial charge in [-0.3, -0.25) is 4.98 Å². The van der Waals surface area contributed by atoms with Gasteiger partial charge in [-0.05, 0) is 18.6 Å². The predicted molar refractivity (Wildman–Crippen MR) is 55.4 cm³/mol. The van der Waals surface area contributed by atoms with E-state index < -0.39 is 0 Å². The smallest absolute Gasteiger partial charge is 0.0671 e. The molecule has 2 N–H and O–H groups in total. The van der Waals surface area contributed by atoms with E-state index in [4.69, 9.17) is 0 Å². The quantitative estimate of drug-likeness (QED) is 0.519. The van der Waals surface area contributed by atoms with Gasteiger partial charge in [0.05, 0.1) is 11.9 Å². The van der Waals surface area contributed by atoms with Crippen molar-refractivity contribution in [1.29, 1.82) is 0 Å². The molecule has 72 valence electrons. The van der Waals surface area contributed by atoms with Crippen LogP contribution in [0.1, 0.15) is 26.2 Å². The number of nitrogens with one attached hydrogen (secondary N) is 2. The monoisotopic (exact) mass is 179 g/mol. The molecule has 0 aliphatic carbocycles. The van der Waals surface area contributed by atoms with Crippen LogP contribution in [0.25, 0.3) is 0 Å². The molecule has 0 aliphatic heterocycles. The fourth-order valence-electron chi connectivity index (χ4n) is 1.06. The van der Waals surface area contributed by atoms with Crippen LogP contribution in [0.4, 0.5) is 5.69 Å². The third kappa shape index (κ3) is 4.48. The summed E-state index contributed by atoms with van der Waals surface area (Å²) in [5.74, 6) is 0. The van der Waals surface area contributed by atoms with Gasteiger partial charge in [-0.25, -0.2) is 5.43 Å². The Labute approximate surface area is 79.5 Å². The van der Waals surface area contributed by atoms with Gasteiger partial charge in [0.1, 0.15) is 0 Å². The molecular weight excluding hydrogens is 162 g/mol. The van der Waals surface area contributed by atoms with E-state index in [2.05, 4.69) is 22.8 Å². The Bertz CT molecular complexity index is 211.